The van der Waals surface area contributed by atoms with Gasteiger partial charge >= 0.3 is 0 Å². The highest BCUT2D eigenvalue weighted by atomic mass is 32.1. The molecule has 0 spiro atoms. The smallest absolute Gasteiger partial charge is 0.231 e. The highest BCUT2D eigenvalue weighted by Gasteiger charge is 2.14. The first-order valence-corrected chi connectivity index (χ1v) is 10.0. The van der Waals surface area contributed by atoms with Gasteiger partial charge in [-0.3, -0.25) is 4.99 Å². The number of fused-ring (bicyclic) bond motifs is 2. The van der Waals surface area contributed by atoms with Crippen LogP contribution in [0.2, 0.25) is 0 Å². The van der Waals surface area contributed by atoms with Crippen LogP contribution in [0.5, 0.6) is 11.5 Å². The Balaban J connectivity index is 1.26. The van der Waals surface area contributed by atoms with Crippen molar-refractivity contribution in [3.63, 3.8) is 0 Å². The summed E-state index contributed by atoms with van der Waals surface area (Å²) in [6, 6.07) is 16.2. The molecule has 2 aromatic carbocycles. The summed E-state index contributed by atoms with van der Waals surface area (Å²) in [7, 11) is 1.72. The zero-order valence-corrected chi connectivity index (χ0v) is 16.5. The fourth-order valence-electron chi connectivity index (χ4n) is 3.10. The molecule has 1 unspecified atom stereocenters. The maximum atomic E-state index is 10.5. The topological polar surface area (TPSA) is 75.1 Å². The maximum Gasteiger partial charge on any atom is 0.231 e. The van der Waals surface area contributed by atoms with Crippen molar-refractivity contribution in [2.24, 2.45) is 4.99 Å². The van der Waals surface area contributed by atoms with E-state index in [0.717, 1.165) is 40.3 Å². The number of nitrogens with zero attached hydrogens (tertiary/aromatic N) is 1. The second-order valence-corrected chi connectivity index (χ2v) is 7.64. The van der Waals surface area contributed by atoms with E-state index in [4.69, 9.17) is 9.47 Å². The van der Waals surface area contributed by atoms with Gasteiger partial charge in [-0.2, -0.15) is 0 Å². The average Bonchev–Trinajstić information content (AvgIpc) is 3.36. The van der Waals surface area contributed by atoms with Crippen LogP contribution >= 0.6 is 11.3 Å². The first kappa shape index (κ1) is 18.6. The minimum Gasteiger partial charge on any atom is -0.454 e. The molecule has 0 saturated heterocycles. The largest absolute Gasteiger partial charge is 0.454 e. The highest BCUT2D eigenvalue weighted by Crippen LogP contribution is 2.32. The number of aliphatic hydroxyl groups is 1. The van der Waals surface area contributed by atoms with Gasteiger partial charge in [-0.05, 0) is 41.6 Å². The summed E-state index contributed by atoms with van der Waals surface area (Å²) in [5.41, 5.74) is 1.16. The van der Waals surface area contributed by atoms with Crippen molar-refractivity contribution in [2.45, 2.75) is 12.5 Å². The van der Waals surface area contributed by atoms with Crippen LogP contribution in [0.15, 0.2) is 53.5 Å². The van der Waals surface area contributed by atoms with Crippen molar-refractivity contribution in [3.05, 3.63) is 59.0 Å². The van der Waals surface area contributed by atoms with E-state index < -0.39 is 6.10 Å². The molecule has 1 aromatic heterocycles. The third-order valence-corrected chi connectivity index (χ3v) is 5.82. The van der Waals surface area contributed by atoms with E-state index in [1.807, 2.05) is 36.4 Å². The summed E-state index contributed by atoms with van der Waals surface area (Å²) in [5.74, 6) is 2.26. The van der Waals surface area contributed by atoms with Crippen LogP contribution in [0.3, 0.4) is 0 Å². The number of aliphatic hydroxyl groups excluding tert-OH is 1. The van der Waals surface area contributed by atoms with Gasteiger partial charge in [0.2, 0.25) is 6.79 Å². The van der Waals surface area contributed by atoms with Gasteiger partial charge in [-0.1, -0.05) is 24.3 Å². The van der Waals surface area contributed by atoms with Crippen molar-refractivity contribution in [1.29, 1.82) is 0 Å². The van der Waals surface area contributed by atoms with Crippen molar-refractivity contribution in [3.8, 4) is 11.5 Å². The molecular weight excluding hydrogens is 374 g/mol. The molecule has 7 heteroatoms. The van der Waals surface area contributed by atoms with E-state index in [1.54, 1.807) is 18.4 Å². The quantitative estimate of drug-likeness (QED) is 0.440. The van der Waals surface area contributed by atoms with Gasteiger partial charge in [-0.15, -0.1) is 11.3 Å². The monoisotopic (exact) mass is 397 g/mol. The van der Waals surface area contributed by atoms with Gasteiger partial charge in [0.25, 0.3) is 0 Å². The molecule has 4 rings (SSSR count). The number of thiophene rings is 1. The normalized spacial score (nSPS) is 14.3. The number of ether oxygens (including phenoxy) is 2. The molecule has 0 bridgehead atoms. The lowest BCUT2D eigenvalue weighted by molar-refractivity contribution is 0.174. The molecule has 146 valence electrons. The number of nitrogens with one attached hydrogen (secondary N) is 2. The van der Waals surface area contributed by atoms with E-state index >= 15 is 0 Å². The third-order valence-electron chi connectivity index (χ3n) is 4.60. The number of hydrogen-bond acceptors (Lipinski definition) is 5. The van der Waals surface area contributed by atoms with Gasteiger partial charge in [0.15, 0.2) is 17.5 Å². The SMILES string of the molecule is CN=C(NCCc1ccc2c(c1)OCO2)NCC(O)c1cc2ccccc2s1. The lowest BCUT2D eigenvalue weighted by atomic mass is 10.1. The average molecular weight is 398 g/mol. The zero-order valence-electron chi connectivity index (χ0n) is 15.6. The fourth-order valence-corrected chi connectivity index (χ4v) is 4.15. The molecular formula is C21H23N3O3S. The van der Waals surface area contributed by atoms with Gasteiger partial charge < -0.3 is 25.2 Å². The van der Waals surface area contributed by atoms with E-state index in [0.29, 0.717) is 12.5 Å². The Kier molecular flexibility index (Phi) is 5.64. The standard InChI is InChI=1S/C21H23N3O3S/c1-22-21(23-9-8-14-6-7-17-18(10-14)27-13-26-17)24-12-16(25)20-11-15-4-2-3-5-19(15)28-20/h2-7,10-11,16,25H,8-9,12-13H2,1H3,(H2,22,23,24). The van der Waals surface area contributed by atoms with Gasteiger partial charge in [0.05, 0.1) is 0 Å². The molecule has 0 fully saturated rings. The molecule has 1 aliphatic heterocycles. The number of benzene rings is 2. The number of rotatable bonds is 6. The molecule has 2 heterocycles. The lowest BCUT2D eigenvalue weighted by Gasteiger charge is -2.14. The van der Waals surface area contributed by atoms with Crippen LogP contribution < -0.4 is 20.1 Å². The summed E-state index contributed by atoms with van der Waals surface area (Å²) < 4.78 is 11.9. The van der Waals surface area contributed by atoms with Gasteiger partial charge in [0, 0.05) is 29.7 Å². The summed E-state index contributed by atoms with van der Waals surface area (Å²) in [5, 5.41) is 18.1. The minimum absolute atomic E-state index is 0.287. The Labute approximate surface area is 167 Å². The molecule has 0 saturated carbocycles. The molecule has 3 aromatic rings. The molecule has 1 aliphatic rings. The first-order valence-electron chi connectivity index (χ1n) is 9.22. The van der Waals surface area contributed by atoms with Crippen molar-refractivity contribution in [2.75, 3.05) is 26.9 Å². The summed E-state index contributed by atoms with van der Waals surface area (Å²) >= 11 is 1.62. The summed E-state index contributed by atoms with van der Waals surface area (Å²) in [6.45, 7) is 1.41. The second-order valence-electron chi connectivity index (χ2n) is 6.52. The predicted molar refractivity (Wildman–Crippen MR) is 112 cm³/mol. The zero-order chi connectivity index (χ0) is 19.3. The van der Waals surface area contributed by atoms with E-state index in [2.05, 4.69) is 27.8 Å². The van der Waals surface area contributed by atoms with Crippen LogP contribution in [0.25, 0.3) is 10.1 Å². The minimum atomic E-state index is -0.579. The molecule has 6 nitrogen and oxygen atoms in total. The predicted octanol–water partition coefficient (Wildman–Crippen LogP) is 3.07. The number of aliphatic imine (C=N–C) groups is 1. The van der Waals surface area contributed by atoms with E-state index in [1.165, 1.54) is 4.70 Å². The molecule has 3 N–H and O–H groups in total. The Hall–Kier alpha value is -2.77. The Morgan fingerprint density at radius 3 is 2.86 bits per heavy atom. The third kappa shape index (κ3) is 4.21. The van der Waals surface area contributed by atoms with Crippen molar-refractivity contribution < 1.29 is 14.6 Å². The molecule has 28 heavy (non-hydrogen) atoms. The summed E-state index contributed by atoms with van der Waals surface area (Å²) in [4.78, 5) is 5.18. The first-order chi connectivity index (χ1) is 13.7. The Bertz CT molecular complexity index is 953. The summed E-state index contributed by atoms with van der Waals surface area (Å²) in [6.07, 6.45) is 0.251. The van der Waals surface area contributed by atoms with Crippen LogP contribution in [0.1, 0.15) is 16.5 Å². The maximum absolute atomic E-state index is 10.5. The van der Waals surface area contributed by atoms with Gasteiger partial charge in [-0.25, -0.2) is 0 Å². The van der Waals surface area contributed by atoms with Crippen LogP contribution in [-0.4, -0.2) is 38.0 Å². The van der Waals surface area contributed by atoms with Crippen LogP contribution in [0.4, 0.5) is 0 Å². The van der Waals surface area contributed by atoms with Crippen molar-refractivity contribution >= 4 is 27.4 Å². The number of hydrogen-bond donors (Lipinski definition) is 3. The van der Waals surface area contributed by atoms with Crippen LogP contribution in [0, 0.1) is 0 Å². The van der Waals surface area contributed by atoms with Crippen LogP contribution in [-0.2, 0) is 6.42 Å². The molecule has 0 aliphatic carbocycles. The lowest BCUT2D eigenvalue weighted by Crippen LogP contribution is -2.40. The Morgan fingerprint density at radius 2 is 2.00 bits per heavy atom. The van der Waals surface area contributed by atoms with Gasteiger partial charge in [0.1, 0.15) is 6.10 Å². The molecule has 0 amide bonds. The molecule has 1 atom stereocenters. The second kappa shape index (κ2) is 8.50. The Morgan fingerprint density at radius 1 is 1.14 bits per heavy atom. The van der Waals surface area contributed by atoms with E-state index in [-0.39, 0.29) is 6.79 Å². The van der Waals surface area contributed by atoms with E-state index in [9.17, 15) is 5.11 Å². The molecule has 0 radical (unpaired) electrons. The fraction of sp³-hybridized carbons (Fsp3) is 0.286. The van der Waals surface area contributed by atoms with Crippen molar-refractivity contribution in [1.82, 2.24) is 10.6 Å². The number of guanidine groups is 1. The highest BCUT2D eigenvalue weighted by molar-refractivity contribution is 7.19.